The molecule has 1 aromatic carbocycles. The molecule has 1 aliphatic heterocycles. The smallest absolute Gasteiger partial charge is 0.120 e. The summed E-state index contributed by atoms with van der Waals surface area (Å²) in [5.74, 6) is 0.778. The van der Waals surface area contributed by atoms with E-state index in [9.17, 15) is 0 Å². The van der Waals surface area contributed by atoms with E-state index in [1.807, 2.05) is 18.2 Å². The van der Waals surface area contributed by atoms with Gasteiger partial charge in [-0.25, -0.2) is 0 Å². The average molecular weight is 158 g/mol. The van der Waals surface area contributed by atoms with Crippen molar-refractivity contribution in [2.75, 3.05) is 0 Å². The summed E-state index contributed by atoms with van der Waals surface area (Å²) in [5, 5.41) is 0. The Labute approximate surface area is 72.0 Å². The van der Waals surface area contributed by atoms with E-state index in [0.717, 1.165) is 16.9 Å². The van der Waals surface area contributed by atoms with Crippen LogP contribution in [0, 0.1) is 0 Å². The van der Waals surface area contributed by atoms with Crippen molar-refractivity contribution >= 4 is 11.8 Å². The molecule has 0 spiro atoms. The quantitative estimate of drug-likeness (QED) is 0.610. The first kappa shape index (κ1) is 7.17. The van der Waals surface area contributed by atoms with Crippen LogP contribution in [0.4, 0.5) is 0 Å². The summed E-state index contributed by atoms with van der Waals surface area (Å²) < 4.78 is 5.29. The molecule has 1 heterocycles. The van der Waals surface area contributed by atoms with Crippen LogP contribution in [0.3, 0.4) is 0 Å². The first-order chi connectivity index (χ1) is 5.81. The van der Waals surface area contributed by atoms with Crippen LogP contribution in [0.15, 0.2) is 31.4 Å². The van der Waals surface area contributed by atoms with Gasteiger partial charge in [-0.15, -0.1) is 0 Å². The molecule has 1 aromatic rings. The molecule has 0 amide bonds. The van der Waals surface area contributed by atoms with Crippen LogP contribution in [0.25, 0.3) is 11.8 Å². The van der Waals surface area contributed by atoms with E-state index < -0.39 is 0 Å². The van der Waals surface area contributed by atoms with Crippen molar-refractivity contribution in [3.8, 4) is 0 Å². The molecule has 1 aliphatic rings. The molecule has 0 atom stereocenters. The van der Waals surface area contributed by atoms with Crippen molar-refractivity contribution in [3.05, 3.63) is 48.0 Å². The molecule has 60 valence electrons. The molecule has 0 aliphatic carbocycles. The summed E-state index contributed by atoms with van der Waals surface area (Å²) in [7, 11) is 0. The van der Waals surface area contributed by atoms with Crippen molar-refractivity contribution in [1.82, 2.24) is 0 Å². The number of benzene rings is 1. The van der Waals surface area contributed by atoms with Crippen LogP contribution < -0.4 is 0 Å². The van der Waals surface area contributed by atoms with Gasteiger partial charge in [0.25, 0.3) is 0 Å². The highest BCUT2D eigenvalue weighted by atomic mass is 16.5. The summed E-state index contributed by atoms with van der Waals surface area (Å²) in [6, 6.07) is 6.13. The summed E-state index contributed by atoms with van der Waals surface area (Å²) in [6.45, 7) is 8.16. The monoisotopic (exact) mass is 158 g/mol. The second kappa shape index (κ2) is 2.52. The minimum absolute atomic E-state index is 0.649. The summed E-state index contributed by atoms with van der Waals surface area (Å²) in [5.41, 5.74) is 3.46. The van der Waals surface area contributed by atoms with Gasteiger partial charge in [-0.1, -0.05) is 31.4 Å². The highest BCUT2D eigenvalue weighted by Gasteiger charge is 2.14. The summed E-state index contributed by atoms with van der Waals surface area (Å²) in [6.07, 6.45) is 1.83. The van der Waals surface area contributed by atoms with E-state index in [1.165, 1.54) is 5.56 Å². The Morgan fingerprint density at radius 2 is 2.25 bits per heavy atom. The molecule has 0 unspecified atom stereocenters. The van der Waals surface area contributed by atoms with Gasteiger partial charge in [0, 0.05) is 11.1 Å². The molecule has 2 rings (SSSR count). The Morgan fingerprint density at radius 3 is 3.00 bits per heavy atom. The lowest BCUT2D eigenvalue weighted by atomic mass is 10.1. The molecule has 0 fully saturated rings. The van der Waals surface area contributed by atoms with Crippen molar-refractivity contribution in [1.29, 1.82) is 0 Å². The van der Waals surface area contributed by atoms with Crippen LogP contribution >= 0.6 is 0 Å². The van der Waals surface area contributed by atoms with E-state index in [4.69, 9.17) is 4.74 Å². The van der Waals surface area contributed by atoms with E-state index in [0.29, 0.717) is 6.61 Å². The zero-order valence-corrected chi connectivity index (χ0v) is 6.84. The second-order valence-electron chi connectivity index (χ2n) is 2.83. The zero-order valence-electron chi connectivity index (χ0n) is 6.84. The Balaban J connectivity index is 2.55. The maximum Gasteiger partial charge on any atom is 0.120 e. The minimum atomic E-state index is 0.649. The van der Waals surface area contributed by atoms with Crippen molar-refractivity contribution in [2.45, 2.75) is 6.61 Å². The SMILES string of the molecule is C=Cc1ccc2c(c1)COC2=C. The molecular formula is C11H10O. The Kier molecular flexibility index (Phi) is 1.51. The van der Waals surface area contributed by atoms with Crippen molar-refractivity contribution < 1.29 is 4.74 Å². The van der Waals surface area contributed by atoms with Gasteiger partial charge in [-0.05, 0) is 11.6 Å². The number of hydrogen-bond donors (Lipinski definition) is 0. The first-order valence-electron chi connectivity index (χ1n) is 3.88. The van der Waals surface area contributed by atoms with Crippen LogP contribution in [0.2, 0.25) is 0 Å². The minimum Gasteiger partial charge on any atom is -0.489 e. The lowest BCUT2D eigenvalue weighted by molar-refractivity contribution is 0.286. The van der Waals surface area contributed by atoms with E-state index in [2.05, 4.69) is 19.2 Å². The first-order valence-corrected chi connectivity index (χ1v) is 3.88. The molecule has 12 heavy (non-hydrogen) atoms. The lowest BCUT2D eigenvalue weighted by Crippen LogP contribution is -1.81. The van der Waals surface area contributed by atoms with Gasteiger partial charge in [0.05, 0.1) is 0 Å². The highest BCUT2D eigenvalue weighted by Crippen LogP contribution is 2.28. The third kappa shape index (κ3) is 0.944. The van der Waals surface area contributed by atoms with Gasteiger partial charge < -0.3 is 4.74 Å². The Morgan fingerprint density at radius 1 is 1.42 bits per heavy atom. The van der Waals surface area contributed by atoms with Crippen molar-refractivity contribution in [3.63, 3.8) is 0 Å². The number of hydrogen-bond acceptors (Lipinski definition) is 1. The third-order valence-corrected chi connectivity index (χ3v) is 2.07. The number of ether oxygens (including phenoxy) is 1. The van der Waals surface area contributed by atoms with Gasteiger partial charge in [0.2, 0.25) is 0 Å². The van der Waals surface area contributed by atoms with E-state index in [-0.39, 0.29) is 0 Å². The molecule has 1 heteroatoms. The topological polar surface area (TPSA) is 9.23 Å². The highest BCUT2D eigenvalue weighted by molar-refractivity contribution is 5.66. The molecule has 0 aromatic heterocycles. The summed E-state index contributed by atoms with van der Waals surface area (Å²) >= 11 is 0. The van der Waals surface area contributed by atoms with Gasteiger partial charge >= 0.3 is 0 Å². The summed E-state index contributed by atoms with van der Waals surface area (Å²) in [4.78, 5) is 0. The van der Waals surface area contributed by atoms with E-state index >= 15 is 0 Å². The standard InChI is InChI=1S/C11H10O/c1-3-9-4-5-11-8(2)12-7-10(11)6-9/h3-6H,1-2,7H2. The van der Waals surface area contributed by atoms with Gasteiger partial charge in [0.1, 0.15) is 12.4 Å². The Bertz CT molecular complexity index is 350. The second-order valence-corrected chi connectivity index (χ2v) is 2.83. The zero-order chi connectivity index (χ0) is 8.55. The van der Waals surface area contributed by atoms with Gasteiger partial charge in [-0.2, -0.15) is 0 Å². The average Bonchev–Trinajstić information content (AvgIpc) is 2.47. The van der Waals surface area contributed by atoms with Gasteiger partial charge in [0.15, 0.2) is 0 Å². The normalized spacial score (nSPS) is 13.8. The molecule has 0 bridgehead atoms. The fourth-order valence-corrected chi connectivity index (χ4v) is 1.37. The van der Waals surface area contributed by atoms with Crippen LogP contribution in [-0.4, -0.2) is 0 Å². The fraction of sp³-hybridized carbons (Fsp3) is 0.0909. The maximum absolute atomic E-state index is 5.29. The third-order valence-electron chi connectivity index (χ3n) is 2.07. The number of rotatable bonds is 1. The van der Waals surface area contributed by atoms with Crippen molar-refractivity contribution in [2.24, 2.45) is 0 Å². The van der Waals surface area contributed by atoms with E-state index in [1.54, 1.807) is 0 Å². The fourth-order valence-electron chi connectivity index (χ4n) is 1.37. The predicted octanol–water partition coefficient (Wildman–Crippen LogP) is 2.83. The maximum atomic E-state index is 5.29. The molecule has 0 N–H and O–H groups in total. The van der Waals surface area contributed by atoms with Crippen LogP contribution in [0.1, 0.15) is 16.7 Å². The molecular weight excluding hydrogens is 148 g/mol. The number of fused-ring (bicyclic) bond motifs is 1. The Hall–Kier alpha value is -1.50. The molecule has 0 saturated carbocycles. The largest absolute Gasteiger partial charge is 0.489 e. The molecule has 1 nitrogen and oxygen atoms in total. The molecule has 0 saturated heterocycles. The molecule has 0 radical (unpaired) electrons. The van der Waals surface area contributed by atoms with Crippen LogP contribution in [0.5, 0.6) is 0 Å². The lowest BCUT2D eigenvalue weighted by Gasteiger charge is -1.97. The van der Waals surface area contributed by atoms with Gasteiger partial charge in [-0.3, -0.25) is 0 Å². The predicted molar refractivity (Wildman–Crippen MR) is 50.4 cm³/mol. The van der Waals surface area contributed by atoms with Crippen LogP contribution in [-0.2, 0) is 11.3 Å².